The summed E-state index contributed by atoms with van der Waals surface area (Å²) in [4.78, 5) is 14.4. The van der Waals surface area contributed by atoms with Gasteiger partial charge in [-0.25, -0.2) is 4.79 Å². The van der Waals surface area contributed by atoms with Gasteiger partial charge in [-0.15, -0.1) is 0 Å². The van der Waals surface area contributed by atoms with E-state index < -0.39 is 0 Å². The molecule has 1 aliphatic rings. The number of rotatable bonds is 4. The van der Waals surface area contributed by atoms with Gasteiger partial charge >= 0.3 is 6.03 Å². The van der Waals surface area contributed by atoms with Crippen LogP contribution in [-0.4, -0.2) is 44.8 Å². The number of hydrogen-bond acceptors (Lipinski definition) is 3. The minimum absolute atomic E-state index is 0.00766. The summed E-state index contributed by atoms with van der Waals surface area (Å²) in [5.41, 5.74) is 1.04. The number of nitrogens with zero attached hydrogens (tertiary/aromatic N) is 3. The van der Waals surface area contributed by atoms with Gasteiger partial charge in [-0.1, -0.05) is 13.3 Å². The van der Waals surface area contributed by atoms with Gasteiger partial charge in [0.2, 0.25) is 0 Å². The van der Waals surface area contributed by atoms with Gasteiger partial charge in [-0.2, -0.15) is 16.9 Å². The van der Waals surface area contributed by atoms with Gasteiger partial charge in [0.25, 0.3) is 0 Å². The topological polar surface area (TPSA) is 50.2 Å². The maximum Gasteiger partial charge on any atom is 0.317 e. The average Bonchev–Trinajstić information content (AvgIpc) is 2.74. The first-order valence-corrected chi connectivity index (χ1v) is 8.80. The number of aromatic nitrogens is 2. The Hall–Kier alpha value is -1.17. The second kappa shape index (κ2) is 7.73. The lowest BCUT2D eigenvalue weighted by molar-refractivity contribution is 0.197. The maximum absolute atomic E-state index is 12.5. The molecular formula is C15H26N4OS. The van der Waals surface area contributed by atoms with E-state index in [4.69, 9.17) is 0 Å². The Morgan fingerprint density at radius 2 is 2.38 bits per heavy atom. The molecule has 0 bridgehead atoms. The van der Waals surface area contributed by atoms with E-state index in [0.29, 0.717) is 5.25 Å². The summed E-state index contributed by atoms with van der Waals surface area (Å²) in [5.74, 6) is 1.12. The molecule has 6 heteroatoms. The quantitative estimate of drug-likeness (QED) is 0.930. The van der Waals surface area contributed by atoms with Crippen LogP contribution in [0.25, 0.3) is 0 Å². The van der Waals surface area contributed by atoms with E-state index in [1.807, 2.05) is 43.0 Å². The van der Waals surface area contributed by atoms with Crippen LogP contribution in [0.15, 0.2) is 12.4 Å². The predicted molar refractivity (Wildman–Crippen MR) is 87.5 cm³/mol. The van der Waals surface area contributed by atoms with E-state index in [1.165, 1.54) is 12.8 Å². The van der Waals surface area contributed by atoms with Crippen LogP contribution >= 0.6 is 11.8 Å². The van der Waals surface area contributed by atoms with Crippen molar-refractivity contribution in [2.75, 3.05) is 18.8 Å². The summed E-state index contributed by atoms with van der Waals surface area (Å²) < 4.78 is 1.76. The second-order valence-electron chi connectivity index (χ2n) is 5.64. The monoisotopic (exact) mass is 310 g/mol. The van der Waals surface area contributed by atoms with Crippen molar-refractivity contribution < 1.29 is 4.79 Å². The Morgan fingerprint density at radius 1 is 1.57 bits per heavy atom. The number of aryl methyl sites for hydroxylation is 1. The van der Waals surface area contributed by atoms with Gasteiger partial charge in [0.05, 0.1) is 12.2 Å². The van der Waals surface area contributed by atoms with Crippen molar-refractivity contribution in [3.8, 4) is 0 Å². The second-order valence-corrected chi connectivity index (χ2v) is 7.22. The molecule has 0 radical (unpaired) electrons. The zero-order valence-electron chi connectivity index (χ0n) is 13.2. The third kappa shape index (κ3) is 4.66. The van der Waals surface area contributed by atoms with Crippen molar-refractivity contribution in [2.45, 2.75) is 44.4 Å². The summed E-state index contributed by atoms with van der Waals surface area (Å²) in [5, 5.41) is 7.83. The van der Waals surface area contributed by atoms with Gasteiger partial charge in [-0.05, 0) is 25.5 Å². The van der Waals surface area contributed by atoms with Crippen LogP contribution in [0.1, 0.15) is 44.7 Å². The van der Waals surface area contributed by atoms with Crippen LogP contribution in [0.2, 0.25) is 0 Å². The molecule has 5 nitrogen and oxygen atoms in total. The molecule has 21 heavy (non-hydrogen) atoms. The van der Waals surface area contributed by atoms with Crippen molar-refractivity contribution in [3.05, 3.63) is 18.0 Å². The number of amides is 2. The standard InChI is InChI=1S/C15H26N4OS/c1-4-21-14-7-5-6-8-19(11-14)15(20)17-12(2)13-9-16-18(3)10-13/h9-10,12,14H,4-8,11H2,1-3H3,(H,17,20)/t12-,14+/m0/s1. The fourth-order valence-electron chi connectivity index (χ4n) is 2.68. The molecule has 1 aromatic heterocycles. The molecule has 0 unspecified atom stereocenters. The number of carbonyl (C=O) groups is 1. The molecule has 0 spiro atoms. The first-order valence-electron chi connectivity index (χ1n) is 7.75. The van der Waals surface area contributed by atoms with Gasteiger partial charge in [0, 0.05) is 37.1 Å². The van der Waals surface area contributed by atoms with Crippen LogP contribution in [-0.2, 0) is 7.05 Å². The van der Waals surface area contributed by atoms with Crippen molar-refractivity contribution in [3.63, 3.8) is 0 Å². The van der Waals surface area contributed by atoms with Crippen LogP contribution in [0.5, 0.6) is 0 Å². The molecule has 0 aromatic carbocycles. The Balaban J connectivity index is 1.91. The Bertz CT molecular complexity index is 462. The predicted octanol–water partition coefficient (Wildman–Crippen LogP) is 2.80. The van der Waals surface area contributed by atoms with Gasteiger partial charge < -0.3 is 10.2 Å². The molecule has 2 amide bonds. The van der Waals surface area contributed by atoms with E-state index in [9.17, 15) is 4.79 Å². The fraction of sp³-hybridized carbons (Fsp3) is 0.733. The normalized spacial score (nSPS) is 20.9. The van der Waals surface area contributed by atoms with E-state index >= 15 is 0 Å². The third-order valence-electron chi connectivity index (χ3n) is 3.88. The number of carbonyl (C=O) groups excluding carboxylic acids is 1. The lowest BCUT2D eigenvalue weighted by Crippen LogP contribution is -2.43. The first kappa shape index (κ1) is 16.2. The van der Waals surface area contributed by atoms with E-state index in [1.54, 1.807) is 4.68 Å². The zero-order valence-corrected chi connectivity index (χ0v) is 14.0. The first-order chi connectivity index (χ1) is 10.1. The molecule has 2 rings (SSSR count). The minimum atomic E-state index is -0.00766. The molecule has 1 saturated heterocycles. The maximum atomic E-state index is 12.5. The van der Waals surface area contributed by atoms with Crippen molar-refractivity contribution in [2.24, 2.45) is 7.05 Å². The molecule has 2 atom stereocenters. The van der Waals surface area contributed by atoms with Crippen molar-refractivity contribution in [1.29, 1.82) is 0 Å². The summed E-state index contributed by atoms with van der Waals surface area (Å²) in [6.45, 7) is 5.92. The number of nitrogens with one attached hydrogen (secondary N) is 1. The van der Waals surface area contributed by atoms with Crippen molar-refractivity contribution in [1.82, 2.24) is 20.0 Å². The molecule has 1 aromatic rings. The zero-order chi connectivity index (χ0) is 15.2. The summed E-state index contributed by atoms with van der Waals surface area (Å²) in [7, 11) is 1.89. The number of thioether (sulfide) groups is 1. The highest BCUT2D eigenvalue weighted by molar-refractivity contribution is 7.99. The van der Waals surface area contributed by atoms with Crippen LogP contribution in [0, 0.1) is 0 Å². The third-order valence-corrected chi connectivity index (χ3v) is 5.07. The molecule has 2 heterocycles. The average molecular weight is 310 g/mol. The molecule has 1 N–H and O–H groups in total. The number of urea groups is 1. The molecule has 0 saturated carbocycles. The highest BCUT2D eigenvalue weighted by Gasteiger charge is 2.23. The van der Waals surface area contributed by atoms with Gasteiger partial charge in [0.15, 0.2) is 0 Å². The SMILES string of the molecule is CCS[C@@H]1CCCCN(C(=O)N[C@@H](C)c2cnn(C)c2)C1. The fourth-order valence-corrected chi connectivity index (χ4v) is 3.77. The largest absolute Gasteiger partial charge is 0.331 e. The smallest absolute Gasteiger partial charge is 0.317 e. The van der Waals surface area contributed by atoms with Crippen LogP contribution in [0.3, 0.4) is 0 Å². The summed E-state index contributed by atoms with van der Waals surface area (Å²) >= 11 is 1.97. The molecule has 0 aliphatic carbocycles. The van der Waals surface area contributed by atoms with E-state index in [0.717, 1.165) is 30.8 Å². The van der Waals surface area contributed by atoms with E-state index in [-0.39, 0.29) is 12.1 Å². The Kier molecular flexibility index (Phi) is 5.96. The van der Waals surface area contributed by atoms with Crippen LogP contribution in [0.4, 0.5) is 4.79 Å². The number of likely N-dealkylation sites (tertiary alicyclic amines) is 1. The highest BCUT2D eigenvalue weighted by atomic mass is 32.2. The Labute approximate surface area is 131 Å². The van der Waals surface area contributed by atoms with Gasteiger partial charge in [0.1, 0.15) is 0 Å². The summed E-state index contributed by atoms with van der Waals surface area (Å²) in [6, 6.07) is 0.0432. The molecule has 1 aliphatic heterocycles. The Morgan fingerprint density at radius 3 is 3.05 bits per heavy atom. The molecule has 1 fully saturated rings. The van der Waals surface area contributed by atoms with Gasteiger partial charge in [-0.3, -0.25) is 4.68 Å². The number of hydrogen-bond donors (Lipinski definition) is 1. The lowest BCUT2D eigenvalue weighted by atomic mass is 10.2. The summed E-state index contributed by atoms with van der Waals surface area (Å²) in [6.07, 6.45) is 7.31. The minimum Gasteiger partial charge on any atom is -0.331 e. The molecular weight excluding hydrogens is 284 g/mol. The van der Waals surface area contributed by atoms with Crippen molar-refractivity contribution >= 4 is 17.8 Å². The van der Waals surface area contributed by atoms with Crippen LogP contribution < -0.4 is 5.32 Å². The van der Waals surface area contributed by atoms with E-state index in [2.05, 4.69) is 17.3 Å². The lowest BCUT2D eigenvalue weighted by Gasteiger charge is -2.26. The molecule has 118 valence electrons. The highest BCUT2D eigenvalue weighted by Crippen LogP contribution is 2.22.